The fraction of sp³-hybridized carbons (Fsp3) is 0.0385. The number of nitrogens with zero attached hydrogens (tertiary/aromatic N) is 14. The maximum absolute atomic E-state index is 5.11. The highest BCUT2D eigenvalue weighted by Crippen LogP contribution is 2.45. The molecule has 0 fully saturated rings. The minimum atomic E-state index is 0.501. The maximum atomic E-state index is 5.11. The van der Waals surface area contributed by atoms with Crippen LogP contribution in [-0.4, -0.2) is 48.4 Å². The lowest BCUT2D eigenvalue weighted by Gasteiger charge is -2.13. The molecule has 6 heterocycles. The summed E-state index contributed by atoms with van der Waals surface area (Å²) in [5.74, 6) is 1.00. The third-order valence-electron chi connectivity index (χ3n) is 11.4. The predicted octanol–water partition coefficient (Wildman–Crippen LogP) is 14.0. The minimum absolute atomic E-state index is 0.501. The van der Waals surface area contributed by atoms with Crippen LogP contribution in [0.3, 0.4) is 0 Å². The van der Waals surface area contributed by atoms with E-state index in [0.717, 1.165) is 67.2 Å². The van der Waals surface area contributed by atoms with Gasteiger partial charge in [0.05, 0.1) is 34.2 Å². The van der Waals surface area contributed by atoms with E-state index in [-0.39, 0.29) is 0 Å². The molecule has 6 aromatic heterocycles. The van der Waals surface area contributed by atoms with Crippen LogP contribution in [-0.2, 0) is 0 Å². The SMILES string of the molecule is Cc1ccc(-c2c(N=Nc3ccccc3)c3cc(-c4ccccc4)nn3c3nnc(SSc4nnc5n4c(-c4ccc(C)cc4)c(N=Nc4ccccc4)c4cc(-c6ccccc6)nn45)n23)cc1. The quantitative estimate of drug-likeness (QED) is 0.0921. The Balaban J connectivity index is 1.07. The first-order valence-corrected chi connectivity index (χ1v) is 23.8. The summed E-state index contributed by atoms with van der Waals surface area (Å²) < 4.78 is 7.59. The highest BCUT2D eigenvalue weighted by atomic mass is 33.1. The van der Waals surface area contributed by atoms with Crippen molar-refractivity contribution in [2.75, 3.05) is 0 Å². The first-order valence-electron chi connectivity index (χ1n) is 21.7. The van der Waals surface area contributed by atoms with Crippen LogP contribution in [0, 0.1) is 13.8 Å². The molecule has 0 radical (unpaired) electrons. The van der Waals surface area contributed by atoms with E-state index in [4.69, 9.17) is 51.0 Å². The van der Waals surface area contributed by atoms with Crippen molar-refractivity contribution in [2.45, 2.75) is 24.2 Å². The zero-order chi connectivity index (χ0) is 45.6. The molecule has 0 bridgehead atoms. The fourth-order valence-corrected chi connectivity index (χ4v) is 9.97. The van der Waals surface area contributed by atoms with Crippen molar-refractivity contribution < 1.29 is 0 Å². The van der Waals surface area contributed by atoms with E-state index >= 15 is 0 Å². The van der Waals surface area contributed by atoms with Crippen molar-refractivity contribution >= 4 is 66.9 Å². The second-order valence-corrected chi connectivity index (χ2v) is 18.0. The number of fused-ring (bicyclic) bond motifs is 6. The second-order valence-electron chi connectivity index (χ2n) is 16.0. The van der Waals surface area contributed by atoms with E-state index in [1.54, 1.807) is 9.03 Å². The Bertz CT molecular complexity index is 3590. The third kappa shape index (κ3) is 7.46. The van der Waals surface area contributed by atoms with Crippen molar-refractivity contribution in [3.63, 3.8) is 0 Å². The normalized spacial score (nSPS) is 12.0. The van der Waals surface area contributed by atoms with Crippen molar-refractivity contribution in [1.29, 1.82) is 0 Å². The summed E-state index contributed by atoms with van der Waals surface area (Å²) in [6.07, 6.45) is 0. The molecule has 12 rings (SSSR count). The molecule has 0 saturated heterocycles. The Morgan fingerprint density at radius 1 is 0.382 bits per heavy atom. The molecule has 68 heavy (non-hydrogen) atoms. The van der Waals surface area contributed by atoms with Crippen LogP contribution in [0.5, 0.6) is 0 Å². The summed E-state index contributed by atoms with van der Waals surface area (Å²) in [6, 6.07) is 60.3. The molecular formula is C52H36N14S2. The van der Waals surface area contributed by atoms with Gasteiger partial charge in [0.15, 0.2) is 0 Å². The molecule has 0 aliphatic rings. The van der Waals surface area contributed by atoms with Gasteiger partial charge in [-0.3, -0.25) is 8.80 Å². The number of aryl methyl sites for hydroxylation is 2. The Labute approximate surface area is 396 Å². The van der Waals surface area contributed by atoms with Crippen LogP contribution in [0.25, 0.3) is 67.6 Å². The Kier molecular flexibility index (Phi) is 10.4. The van der Waals surface area contributed by atoms with Crippen LogP contribution in [0.2, 0.25) is 0 Å². The molecule has 0 spiro atoms. The lowest BCUT2D eigenvalue weighted by Crippen LogP contribution is -2.03. The predicted molar refractivity (Wildman–Crippen MR) is 268 cm³/mol. The maximum Gasteiger partial charge on any atom is 0.258 e. The summed E-state index contributed by atoms with van der Waals surface area (Å²) in [6.45, 7) is 4.14. The third-order valence-corrected chi connectivity index (χ3v) is 13.5. The topological polar surface area (TPSA) is 144 Å². The lowest BCUT2D eigenvalue weighted by molar-refractivity contribution is 0.902. The highest BCUT2D eigenvalue weighted by Gasteiger charge is 2.27. The molecule has 0 unspecified atom stereocenters. The molecule has 6 aromatic carbocycles. The van der Waals surface area contributed by atoms with Gasteiger partial charge in [-0.25, -0.2) is 0 Å². The number of hydrogen-bond donors (Lipinski definition) is 0. The molecule has 0 atom stereocenters. The van der Waals surface area contributed by atoms with Gasteiger partial charge in [-0.15, -0.1) is 30.6 Å². The smallest absolute Gasteiger partial charge is 0.251 e. The van der Waals surface area contributed by atoms with Crippen LogP contribution in [0.4, 0.5) is 22.7 Å². The van der Waals surface area contributed by atoms with Gasteiger partial charge in [-0.2, -0.15) is 29.5 Å². The van der Waals surface area contributed by atoms with Crippen molar-refractivity contribution in [2.24, 2.45) is 20.5 Å². The van der Waals surface area contributed by atoms with Gasteiger partial charge >= 0.3 is 0 Å². The van der Waals surface area contributed by atoms with Gasteiger partial charge in [-0.1, -0.05) is 157 Å². The van der Waals surface area contributed by atoms with Gasteiger partial charge in [0, 0.05) is 22.3 Å². The van der Waals surface area contributed by atoms with Crippen LogP contribution >= 0.6 is 21.6 Å². The van der Waals surface area contributed by atoms with Crippen molar-refractivity contribution in [3.05, 3.63) is 193 Å². The number of rotatable bonds is 11. The van der Waals surface area contributed by atoms with Crippen LogP contribution in [0.15, 0.2) is 213 Å². The van der Waals surface area contributed by atoms with Gasteiger partial charge in [0.25, 0.3) is 11.6 Å². The van der Waals surface area contributed by atoms with E-state index in [1.807, 2.05) is 142 Å². The first-order chi connectivity index (χ1) is 33.5. The van der Waals surface area contributed by atoms with E-state index in [9.17, 15) is 0 Å². The summed E-state index contributed by atoms with van der Waals surface area (Å²) in [7, 11) is 2.78. The molecule has 0 aliphatic carbocycles. The minimum Gasteiger partial charge on any atom is -0.251 e. The summed E-state index contributed by atoms with van der Waals surface area (Å²) in [5, 5.41) is 50.2. The number of benzene rings is 6. The number of hydrogen-bond acceptors (Lipinski definition) is 12. The summed E-state index contributed by atoms with van der Waals surface area (Å²) in [5.41, 5.74) is 13.1. The number of aromatic nitrogens is 10. The van der Waals surface area contributed by atoms with Crippen molar-refractivity contribution in [3.8, 4) is 45.0 Å². The summed E-state index contributed by atoms with van der Waals surface area (Å²) >= 11 is 0. The van der Waals surface area contributed by atoms with Gasteiger partial charge in [0.1, 0.15) is 22.4 Å². The first kappa shape index (κ1) is 40.9. The lowest BCUT2D eigenvalue weighted by atomic mass is 10.1. The number of azo groups is 2. The van der Waals surface area contributed by atoms with Crippen LogP contribution < -0.4 is 0 Å². The van der Waals surface area contributed by atoms with E-state index in [2.05, 4.69) is 62.4 Å². The Morgan fingerprint density at radius 3 is 1.13 bits per heavy atom. The van der Waals surface area contributed by atoms with Gasteiger partial charge < -0.3 is 0 Å². The van der Waals surface area contributed by atoms with E-state index < -0.39 is 0 Å². The monoisotopic (exact) mass is 920 g/mol. The van der Waals surface area contributed by atoms with Crippen LogP contribution in [0.1, 0.15) is 11.1 Å². The average molecular weight is 921 g/mol. The molecule has 0 N–H and O–H groups in total. The highest BCUT2D eigenvalue weighted by molar-refractivity contribution is 8.76. The largest absolute Gasteiger partial charge is 0.258 e. The van der Waals surface area contributed by atoms with Gasteiger partial charge in [-0.05, 0) is 71.8 Å². The van der Waals surface area contributed by atoms with Crippen molar-refractivity contribution in [1.82, 2.24) is 48.4 Å². The fourth-order valence-electron chi connectivity index (χ4n) is 8.09. The molecule has 16 heteroatoms. The summed E-state index contributed by atoms with van der Waals surface area (Å²) in [4.78, 5) is 0. The Morgan fingerprint density at radius 2 is 0.750 bits per heavy atom. The molecule has 12 aromatic rings. The zero-order valence-corrected chi connectivity index (χ0v) is 38.0. The molecular weight excluding hydrogens is 885 g/mol. The second kappa shape index (κ2) is 17.3. The van der Waals surface area contributed by atoms with Gasteiger partial charge in [0.2, 0.25) is 10.3 Å². The standard InChI is InChI=1S/C52H36N14S2/c1-33-23-27-37(28-24-33)47-45(55-53-39-19-11-5-12-20-39)43-31-41(35-15-7-3-8-16-35)61-65(43)49-57-59-51(63(47)49)67-68-52-60-58-50-64(52)48(38-29-25-34(2)26-30-38)46(56-54-40-21-13-6-14-22-40)44-32-42(62-66(44)50)36-17-9-4-10-18-36/h3-32H,1-2H3. The van der Waals surface area contributed by atoms with E-state index in [0.29, 0.717) is 44.6 Å². The molecule has 0 aliphatic heterocycles. The zero-order valence-electron chi connectivity index (χ0n) is 36.4. The molecule has 326 valence electrons. The van der Waals surface area contributed by atoms with E-state index in [1.165, 1.54) is 21.6 Å². The average Bonchev–Trinajstić information content (AvgIpc) is 4.22. The molecule has 0 saturated carbocycles. The molecule has 0 amide bonds. The Hall–Kier alpha value is -8.60. The molecule has 14 nitrogen and oxygen atoms in total.